The Kier molecular flexibility index (Phi) is 2.81. The van der Waals surface area contributed by atoms with Gasteiger partial charge in [0.2, 0.25) is 0 Å². The number of nitrogens with one attached hydrogen (secondary N) is 1. The molecule has 0 radical (unpaired) electrons. The summed E-state index contributed by atoms with van der Waals surface area (Å²) in [5, 5.41) is 2.20. The van der Waals surface area contributed by atoms with E-state index in [0.717, 1.165) is 11.3 Å². The first-order chi connectivity index (χ1) is 11.0. The van der Waals surface area contributed by atoms with Crippen molar-refractivity contribution in [3.8, 4) is 0 Å². The van der Waals surface area contributed by atoms with Crippen molar-refractivity contribution in [2.45, 2.75) is 25.8 Å². The molecular weight excluding hydrogens is 298 g/mol. The number of benzene rings is 1. The minimum absolute atomic E-state index is 0.200. The number of anilines is 1. The molecule has 2 fully saturated rings. The normalized spacial score (nSPS) is 26.5. The van der Waals surface area contributed by atoms with Gasteiger partial charge < -0.3 is 4.90 Å². The predicted molar refractivity (Wildman–Crippen MR) is 80.0 cm³/mol. The maximum absolute atomic E-state index is 12.6. The lowest BCUT2D eigenvalue weighted by Gasteiger charge is -2.30. The molecular formula is C16H15N3O4. The van der Waals surface area contributed by atoms with E-state index in [-0.39, 0.29) is 23.1 Å². The number of piperidine rings is 1. The summed E-state index contributed by atoms with van der Waals surface area (Å²) in [6, 6.07) is 3.68. The third-order valence-electron chi connectivity index (χ3n) is 4.78. The van der Waals surface area contributed by atoms with Gasteiger partial charge in [-0.15, -0.1) is 0 Å². The van der Waals surface area contributed by atoms with Gasteiger partial charge >= 0.3 is 6.03 Å². The molecule has 23 heavy (non-hydrogen) atoms. The second kappa shape index (κ2) is 4.65. The summed E-state index contributed by atoms with van der Waals surface area (Å²) in [6.45, 7) is 2.64. The first-order valence-electron chi connectivity index (χ1n) is 7.61. The Balaban J connectivity index is 1.73. The van der Waals surface area contributed by atoms with Crippen molar-refractivity contribution < 1.29 is 19.2 Å². The number of fused-ring (bicyclic) bond motifs is 2. The maximum Gasteiger partial charge on any atom is 0.332 e. The van der Waals surface area contributed by atoms with Crippen LogP contribution in [-0.4, -0.2) is 41.2 Å². The molecule has 0 bridgehead atoms. The Hall–Kier alpha value is -2.70. The summed E-state index contributed by atoms with van der Waals surface area (Å²) in [7, 11) is 0. The molecule has 3 aliphatic heterocycles. The van der Waals surface area contributed by atoms with E-state index in [9.17, 15) is 19.2 Å². The summed E-state index contributed by atoms with van der Waals surface area (Å²) >= 11 is 0. The van der Waals surface area contributed by atoms with Crippen molar-refractivity contribution >= 4 is 29.4 Å². The largest absolute Gasteiger partial charge is 0.332 e. The Labute approximate surface area is 132 Å². The molecule has 7 heteroatoms. The molecule has 0 aliphatic carbocycles. The summed E-state index contributed by atoms with van der Waals surface area (Å²) in [6.07, 6.45) is 1.54. The topological polar surface area (TPSA) is 86.8 Å². The molecule has 118 valence electrons. The molecule has 1 aromatic rings. The van der Waals surface area contributed by atoms with Crippen LogP contribution in [0.1, 0.15) is 40.5 Å². The summed E-state index contributed by atoms with van der Waals surface area (Å²) in [4.78, 5) is 51.3. The molecule has 2 saturated heterocycles. The van der Waals surface area contributed by atoms with Crippen LogP contribution in [-0.2, 0) is 4.79 Å². The van der Waals surface area contributed by atoms with Gasteiger partial charge in [-0.3, -0.25) is 19.7 Å². The van der Waals surface area contributed by atoms with Crippen LogP contribution in [0.2, 0.25) is 0 Å². The number of imide groups is 2. The standard InChI is InChI=1S/C16H15N3O4/c1-8-4-5-18-12(6-8)15(22)19(16(18)23)9-2-3-10-11(7-9)14(21)17-13(10)20/h2-3,7-8,12H,4-6H2,1H3,(H,17,20,21)/t8-,12-/m0/s1. The lowest BCUT2D eigenvalue weighted by Crippen LogP contribution is -2.41. The maximum atomic E-state index is 12.6. The first kappa shape index (κ1) is 13.9. The van der Waals surface area contributed by atoms with Gasteiger partial charge in [-0.25, -0.2) is 9.69 Å². The van der Waals surface area contributed by atoms with Crippen molar-refractivity contribution in [3.63, 3.8) is 0 Å². The van der Waals surface area contributed by atoms with Gasteiger partial charge in [0.25, 0.3) is 17.7 Å². The number of hydrogen-bond acceptors (Lipinski definition) is 4. The van der Waals surface area contributed by atoms with Crippen LogP contribution >= 0.6 is 0 Å². The van der Waals surface area contributed by atoms with E-state index in [0.29, 0.717) is 24.6 Å². The summed E-state index contributed by atoms with van der Waals surface area (Å²) < 4.78 is 0. The lowest BCUT2D eigenvalue weighted by molar-refractivity contribution is -0.120. The molecule has 2 atom stereocenters. The van der Waals surface area contributed by atoms with Crippen molar-refractivity contribution in [2.75, 3.05) is 11.4 Å². The highest BCUT2D eigenvalue weighted by atomic mass is 16.2. The minimum Gasteiger partial charge on any atom is -0.312 e. The molecule has 0 saturated carbocycles. The van der Waals surface area contributed by atoms with E-state index >= 15 is 0 Å². The molecule has 0 spiro atoms. The number of hydrogen-bond donors (Lipinski definition) is 1. The first-order valence-corrected chi connectivity index (χ1v) is 7.61. The molecule has 3 heterocycles. The monoisotopic (exact) mass is 313 g/mol. The molecule has 3 aliphatic rings. The SMILES string of the molecule is C[C@H]1CCN2C(=O)N(c3ccc4c(c3)C(=O)NC4=O)C(=O)[C@@H]2C1. The van der Waals surface area contributed by atoms with Crippen LogP contribution in [0, 0.1) is 5.92 Å². The van der Waals surface area contributed by atoms with Crippen molar-refractivity contribution in [1.29, 1.82) is 0 Å². The zero-order chi connectivity index (χ0) is 16.3. The molecule has 5 amide bonds. The van der Waals surface area contributed by atoms with Crippen molar-refractivity contribution in [1.82, 2.24) is 10.2 Å². The van der Waals surface area contributed by atoms with Crippen LogP contribution in [0.3, 0.4) is 0 Å². The Morgan fingerprint density at radius 2 is 1.83 bits per heavy atom. The number of rotatable bonds is 1. The zero-order valence-electron chi connectivity index (χ0n) is 12.5. The van der Waals surface area contributed by atoms with Gasteiger partial charge in [0, 0.05) is 6.54 Å². The lowest BCUT2D eigenvalue weighted by atomic mass is 9.93. The average molecular weight is 313 g/mol. The van der Waals surface area contributed by atoms with Gasteiger partial charge in [-0.1, -0.05) is 6.92 Å². The van der Waals surface area contributed by atoms with Crippen LogP contribution in [0.4, 0.5) is 10.5 Å². The average Bonchev–Trinajstić information content (AvgIpc) is 2.94. The van der Waals surface area contributed by atoms with Gasteiger partial charge in [0.15, 0.2) is 0 Å². The second-order valence-electron chi connectivity index (χ2n) is 6.31. The third kappa shape index (κ3) is 1.89. The van der Waals surface area contributed by atoms with Crippen LogP contribution in [0.5, 0.6) is 0 Å². The van der Waals surface area contributed by atoms with E-state index < -0.39 is 17.9 Å². The number of amides is 5. The van der Waals surface area contributed by atoms with Crippen molar-refractivity contribution in [3.05, 3.63) is 29.3 Å². The van der Waals surface area contributed by atoms with Crippen LogP contribution in [0.25, 0.3) is 0 Å². The molecule has 4 rings (SSSR count). The van der Waals surface area contributed by atoms with E-state index in [1.165, 1.54) is 18.2 Å². The fourth-order valence-corrected chi connectivity index (χ4v) is 3.51. The number of nitrogens with zero attached hydrogens (tertiary/aromatic N) is 2. The Morgan fingerprint density at radius 3 is 2.61 bits per heavy atom. The third-order valence-corrected chi connectivity index (χ3v) is 4.78. The molecule has 0 aromatic heterocycles. The molecule has 1 N–H and O–H groups in total. The van der Waals surface area contributed by atoms with Gasteiger partial charge in [-0.05, 0) is 37.0 Å². The highest BCUT2D eigenvalue weighted by Gasteiger charge is 2.48. The van der Waals surface area contributed by atoms with E-state index in [1.807, 2.05) is 0 Å². The van der Waals surface area contributed by atoms with E-state index in [1.54, 1.807) is 4.90 Å². The molecule has 0 unspecified atom stereocenters. The highest BCUT2D eigenvalue weighted by Crippen LogP contribution is 2.34. The Morgan fingerprint density at radius 1 is 1.09 bits per heavy atom. The quantitative estimate of drug-likeness (QED) is 0.622. The van der Waals surface area contributed by atoms with Crippen LogP contribution in [0.15, 0.2) is 18.2 Å². The Bertz CT molecular complexity index is 773. The van der Waals surface area contributed by atoms with E-state index in [2.05, 4.69) is 12.2 Å². The van der Waals surface area contributed by atoms with Crippen LogP contribution < -0.4 is 10.2 Å². The number of carbonyl (C=O) groups excluding carboxylic acids is 4. The van der Waals surface area contributed by atoms with Gasteiger partial charge in [0.1, 0.15) is 6.04 Å². The fourth-order valence-electron chi connectivity index (χ4n) is 3.51. The fraction of sp³-hybridized carbons (Fsp3) is 0.375. The zero-order valence-corrected chi connectivity index (χ0v) is 12.5. The van der Waals surface area contributed by atoms with E-state index in [4.69, 9.17) is 0 Å². The number of urea groups is 1. The van der Waals surface area contributed by atoms with Gasteiger partial charge in [0.05, 0.1) is 16.8 Å². The summed E-state index contributed by atoms with van der Waals surface area (Å²) in [5.74, 6) is -0.818. The number of carbonyl (C=O) groups is 4. The predicted octanol–water partition coefficient (Wildman–Crippen LogP) is 1.14. The summed E-state index contributed by atoms with van der Waals surface area (Å²) in [5.41, 5.74) is 0.807. The van der Waals surface area contributed by atoms with Gasteiger partial charge in [-0.2, -0.15) is 0 Å². The molecule has 1 aromatic carbocycles. The van der Waals surface area contributed by atoms with Crippen molar-refractivity contribution in [2.24, 2.45) is 5.92 Å². The highest BCUT2D eigenvalue weighted by molar-refractivity contribution is 6.24. The minimum atomic E-state index is -0.503. The second-order valence-corrected chi connectivity index (χ2v) is 6.31. The smallest absolute Gasteiger partial charge is 0.312 e. The molecule has 7 nitrogen and oxygen atoms in total.